The molecule has 20 heavy (non-hydrogen) atoms. The molecule has 1 aromatic carbocycles. The van der Waals surface area contributed by atoms with E-state index in [0.717, 1.165) is 32.2 Å². The monoisotopic (exact) mass is 279 g/mol. The van der Waals surface area contributed by atoms with Gasteiger partial charge in [0.15, 0.2) is 0 Å². The molecule has 1 heterocycles. The molecule has 0 spiro atoms. The van der Waals surface area contributed by atoms with Crippen molar-refractivity contribution < 1.29 is 8.78 Å². The van der Waals surface area contributed by atoms with Crippen LogP contribution in [0, 0.1) is 23.0 Å². The number of nitrogens with zero attached hydrogens (tertiary/aromatic N) is 3. The minimum absolute atomic E-state index is 0.0878. The number of rotatable bonds is 3. The normalized spacial score (nSPS) is 20.4. The van der Waals surface area contributed by atoms with E-state index in [4.69, 9.17) is 5.26 Å². The van der Waals surface area contributed by atoms with Crippen LogP contribution in [-0.4, -0.2) is 42.0 Å². The van der Waals surface area contributed by atoms with E-state index in [1.165, 1.54) is 12.1 Å². The molecule has 108 valence electrons. The zero-order valence-electron chi connectivity index (χ0n) is 11.8. The Morgan fingerprint density at radius 2 is 1.70 bits per heavy atom. The summed E-state index contributed by atoms with van der Waals surface area (Å²) in [6.07, 6.45) is 0. The number of hydrogen-bond donors (Lipinski definition) is 0. The summed E-state index contributed by atoms with van der Waals surface area (Å²) < 4.78 is 26.7. The van der Waals surface area contributed by atoms with Gasteiger partial charge in [0.1, 0.15) is 11.6 Å². The summed E-state index contributed by atoms with van der Waals surface area (Å²) in [6.45, 7) is 6.97. The maximum atomic E-state index is 13.8. The third-order valence-electron chi connectivity index (χ3n) is 4.04. The molecule has 1 aliphatic rings. The lowest BCUT2D eigenvalue weighted by atomic mass is 10.0. The van der Waals surface area contributed by atoms with Crippen molar-refractivity contribution in [1.29, 1.82) is 5.26 Å². The fourth-order valence-corrected chi connectivity index (χ4v) is 2.63. The minimum Gasteiger partial charge on any atom is -0.294 e. The Morgan fingerprint density at radius 3 is 2.25 bits per heavy atom. The molecule has 0 radical (unpaired) electrons. The molecule has 0 bridgehead atoms. The maximum absolute atomic E-state index is 13.8. The minimum atomic E-state index is -0.550. The second kappa shape index (κ2) is 6.29. The van der Waals surface area contributed by atoms with Crippen molar-refractivity contribution in [3.05, 3.63) is 35.4 Å². The quantitative estimate of drug-likeness (QED) is 0.852. The van der Waals surface area contributed by atoms with Crippen LogP contribution < -0.4 is 0 Å². The van der Waals surface area contributed by atoms with Crippen molar-refractivity contribution in [3.8, 4) is 6.07 Å². The highest BCUT2D eigenvalue weighted by atomic mass is 19.1. The van der Waals surface area contributed by atoms with Crippen molar-refractivity contribution in [1.82, 2.24) is 9.80 Å². The first-order valence-corrected chi connectivity index (χ1v) is 6.85. The molecule has 0 unspecified atom stereocenters. The van der Waals surface area contributed by atoms with Gasteiger partial charge in [0.2, 0.25) is 0 Å². The van der Waals surface area contributed by atoms with Gasteiger partial charge in [-0.3, -0.25) is 9.80 Å². The van der Waals surface area contributed by atoms with Gasteiger partial charge in [0.25, 0.3) is 0 Å². The molecule has 0 amide bonds. The average Bonchev–Trinajstić information content (AvgIpc) is 2.46. The summed E-state index contributed by atoms with van der Waals surface area (Å²) in [4.78, 5) is 4.28. The Hall–Kier alpha value is -1.51. The third kappa shape index (κ3) is 3.14. The van der Waals surface area contributed by atoms with E-state index in [1.807, 2.05) is 13.8 Å². The molecule has 1 aromatic rings. The summed E-state index contributed by atoms with van der Waals surface area (Å²) in [5.41, 5.74) is 0.521. The molecule has 2 atom stereocenters. The van der Waals surface area contributed by atoms with Crippen molar-refractivity contribution in [2.75, 3.05) is 26.2 Å². The van der Waals surface area contributed by atoms with Crippen LogP contribution in [0.25, 0.3) is 0 Å². The zero-order chi connectivity index (χ0) is 14.7. The topological polar surface area (TPSA) is 30.3 Å². The molecule has 0 aromatic heterocycles. The van der Waals surface area contributed by atoms with Gasteiger partial charge in [-0.15, -0.1) is 0 Å². The predicted octanol–water partition coefficient (Wildman–Crippen LogP) is 2.56. The van der Waals surface area contributed by atoms with Crippen LogP contribution in [0.15, 0.2) is 18.2 Å². The van der Waals surface area contributed by atoms with E-state index in [1.54, 1.807) is 0 Å². The number of nitriles is 1. The first kappa shape index (κ1) is 14.9. The molecule has 2 rings (SSSR count). The van der Waals surface area contributed by atoms with Crippen molar-refractivity contribution in [2.24, 2.45) is 0 Å². The van der Waals surface area contributed by atoms with E-state index in [2.05, 4.69) is 15.9 Å². The standard InChI is InChI=1S/C15H19F2N3/c1-11(10-18)19-5-7-20(8-6-19)12(2)14-4-3-13(16)9-15(14)17/h3-4,9,11-12H,5-8H2,1-2H3/t11-,12-/m0/s1. The van der Waals surface area contributed by atoms with Gasteiger partial charge in [0, 0.05) is 43.9 Å². The molecule has 1 saturated heterocycles. The van der Waals surface area contributed by atoms with Crippen LogP contribution in [0.2, 0.25) is 0 Å². The van der Waals surface area contributed by atoms with Crippen LogP contribution in [0.4, 0.5) is 8.78 Å². The third-order valence-corrected chi connectivity index (χ3v) is 4.04. The Kier molecular flexibility index (Phi) is 4.69. The van der Waals surface area contributed by atoms with E-state index in [-0.39, 0.29) is 12.1 Å². The Bertz CT molecular complexity index is 504. The summed E-state index contributed by atoms with van der Waals surface area (Å²) in [6, 6.07) is 5.79. The molecule has 0 aliphatic carbocycles. The lowest BCUT2D eigenvalue weighted by Gasteiger charge is -2.39. The predicted molar refractivity (Wildman–Crippen MR) is 73.0 cm³/mol. The van der Waals surface area contributed by atoms with Crippen LogP contribution >= 0.6 is 0 Å². The van der Waals surface area contributed by atoms with Gasteiger partial charge in [-0.25, -0.2) is 8.78 Å². The van der Waals surface area contributed by atoms with E-state index in [0.29, 0.717) is 5.56 Å². The lowest BCUT2D eigenvalue weighted by Crippen LogP contribution is -2.49. The van der Waals surface area contributed by atoms with Gasteiger partial charge >= 0.3 is 0 Å². The molecule has 1 aliphatic heterocycles. The highest BCUT2D eigenvalue weighted by Crippen LogP contribution is 2.24. The summed E-state index contributed by atoms with van der Waals surface area (Å²) in [7, 11) is 0. The number of benzene rings is 1. The second-order valence-electron chi connectivity index (χ2n) is 5.22. The molecule has 1 fully saturated rings. The highest BCUT2D eigenvalue weighted by Gasteiger charge is 2.25. The first-order valence-electron chi connectivity index (χ1n) is 6.85. The van der Waals surface area contributed by atoms with E-state index < -0.39 is 11.6 Å². The number of halogens is 2. The summed E-state index contributed by atoms with van der Waals surface area (Å²) in [5.74, 6) is -1.04. The molecule has 3 nitrogen and oxygen atoms in total. The van der Waals surface area contributed by atoms with Crippen LogP contribution in [0.3, 0.4) is 0 Å². The fraction of sp³-hybridized carbons (Fsp3) is 0.533. The maximum Gasteiger partial charge on any atom is 0.130 e. The molecule has 5 heteroatoms. The van der Waals surface area contributed by atoms with Crippen molar-refractivity contribution in [3.63, 3.8) is 0 Å². The largest absolute Gasteiger partial charge is 0.294 e. The molecular formula is C15H19F2N3. The Balaban J connectivity index is 2.01. The van der Waals surface area contributed by atoms with Gasteiger partial charge in [-0.2, -0.15) is 5.26 Å². The first-order chi connectivity index (χ1) is 9.52. The molecule has 0 N–H and O–H groups in total. The van der Waals surface area contributed by atoms with Gasteiger partial charge in [-0.1, -0.05) is 6.07 Å². The summed E-state index contributed by atoms with van der Waals surface area (Å²) >= 11 is 0. The van der Waals surface area contributed by atoms with Crippen LogP contribution in [0.5, 0.6) is 0 Å². The number of piperazine rings is 1. The molecule has 0 saturated carbocycles. The SMILES string of the molecule is C[C@@H](C#N)N1CCN([C@@H](C)c2ccc(F)cc2F)CC1. The fourth-order valence-electron chi connectivity index (χ4n) is 2.63. The Morgan fingerprint density at radius 1 is 1.10 bits per heavy atom. The van der Waals surface area contributed by atoms with E-state index in [9.17, 15) is 8.78 Å². The van der Waals surface area contributed by atoms with Gasteiger partial charge < -0.3 is 0 Å². The molecular weight excluding hydrogens is 260 g/mol. The van der Waals surface area contributed by atoms with E-state index >= 15 is 0 Å². The summed E-state index contributed by atoms with van der Waals surface area (Å²) in [5, 5.41) is 8.91. The van der Waals surface area contributed by atoms with Crippen molar-refractivity contribution in [2.45, 2.75) is 25.9 Å². The van der Waals surface area contributed by atoms with Gasteiger partial charge in [0.05, 0.1) is 12.1 Å². The average molecular weight is 279 g/mol. The van der Waals surface area contributed by atoms with Gasteiger partial charge in [-0.05, 0) is 19.9 Å². The zero-order valence-corrected chi connectivity index (χ0v) is 11.8. The lowest BCUT2D eigenvalue weighted by molar-refractivity contribution is 0.0906. The van der Waals surface area contributed by atoms with Crippen LogP contribution in [0.1, 0.15) is 25.5 Å². The highest BCUT2D eigenvalue weighted by molar-refractivity contribution is 5.22. The second-order valence-corrected chi connectivity index (χ2v) is 5.22. The smallest absolute Gasteiger partial charge is 0.130 e. The van der Waals surface area contributed by atoms with Crippen molar-refractivity contribution >= 4 is 0 Å². The van der Waals surface area contributed by atoms with Crippen LogP contribution in [-0.2, 0) is 0 Å². The Labute approximate surface area is 118 Å². The number of hydrogen-bond acceptors (Lipinski definition) is 3.